The fourth-order valence-corrected chi connectivity index (χ4v) is 4.65. The van der Waals surface area contributed by atoms with Crippen molar-refractivity contribution in [3.8, 4) is 0 Å². The van der Waals surface area contributed by atoms with Crippen LogP contribution in [0.2, 0.25) is 0 Å². The first-order valence-corrected chi connectivity index (χ1v) is 10.1. The number of aliphatic hydroxyl groups is 1. The summed E-state index contributed by atoms with van der Waals surface area (Å²) in [6, 6.07) is 9.08. The Morgan fingerprint density at radius 2 is 1.90 bits per heavy atom. The Labute approximate surface area is 170 Å². The van der Waals surface area contributed by atoms with Gasteiger partial charge in [-0.1, -0.05) is 30.3 Å². The van der Waals surface area contributed by atoms with Crippen LogP contribution < -0.4 is 10.6 Å². The van der Waals surface area contributed by atoms with Crippen molar-refractivity contribution in [2.45, 2.75) is 43.6 Å². The third kappa shape index (κ3) is 3.97. The molecule has 3 N–H and O–H groups in total. The van der Waals surface area contributed by atoms with E-state index in [2.05, 4.69) is 15.6 Å². The zero-order chi connectivity index (χ0) is 20.5. The molecule has 7 nitrogen and oxygen atoms in total. The molecule has 2 saturated carbocycles. The van der Waals surface area contributed by atoms with Crippen LogP contribution in [0, 0.1) is 11.8 Å². The van der Waals surface area contributed by atoms with Gasteiger partial charge in [0.25, 0.3) is 0 Å². The first-order chi connectivity index (χ1) is 14.0. The van der Waals surface area contributed by atoms with E-state index in [0.29, 0.717) is 23.1 Å². The maximum atomic E-state index is 12.9. The molecule has 0 radical (unpaired) electrons. The summed E-state index contributed by atoms with van der Waals surface area (Å²) in [6.45, 7) is 0. The third-order valence-corrected chi connectivity index (χ3v) is 6.21. The fourth-order valence-electron chi connectivity index (χ4n) is 4.65. The number of rotatable bonds is 6. The smallest absolute Gasteiger partial charge is 0.247 e. The summed E-state index contributed by atoms with van der Waals surface area (Å²) in [5, 5.41) is 15.4. The number of aliphatic imine (C=N–C) groups is 1. The second-order valence-electron chi connectivity index (χ2n) is 8.04. The van der Waals surface area contributed by atoms with Crippen molar-refractivity contribution < 1.29 is 19.4 Å². The van der Waals surface area contributed by atoms with E-state index in [1.807, 2.05) is 30.3 Å². The average Bonchev–Trinajstić information content (AvgIpc) is 3.18. The van der Waals surface area contributed by atoms with Gasteiger partial charge in [-0.05, 0) is 36.3 Å². The highest BCUT2D eigenvalue weighted by Crippen LogP contribution is 2.52. The molecule has 2 aliphatic carbocycles. The van der Waals surface area contributed by atoms with Crippen LogP contribution in [-0.2, 0) is 14.3 Å². The van der Waals surface area contributed by atoms with Gasteiger partial charge in [-0.2, -0.15) is 0 Å². The summed E-state index contributed by atoms with van der Waals surface area (Å²) in [6.07, 6.45) is 2.82. The minimum Gasteiger partial charge on any atom is -0.393 e. The van der Waals surface area contributed by atoms with Crippen molar-refractivity contribution in [3.05, 3.63) is 47.5 Å². The third-order valence-electron chi connectivity index (χ3n) is 6.21. The number of dihydropyridines is 1. The molecule has 0 bridgehead atoms. The van der Waals surface area contributed by atoms with Crippen LogP contribution in [-0.4, -0.2) is 55.0 Å². The first-order valence-electron chi connectivity index (χ1n) is 10.1. The Hall–Kier alpha value is -2.51. The summed E-state index contributed by atoms with van der Waals surface area (Å²) in [4.78, 5) is 29.8. The van der Waals surface area contributed by atoms with E-state index in [0.717, 1.165) is 18.4 Å². The second-order valence-corrected chi connectivity index (χ2v) is 8.04. The lowest BCUT2D eigenvalue weighted by atomic mass is 9.95. The van der Waals surface area contributed by atoms with Crippen LogP contribution in [0.25, 0.3) is 0 Å². The van der Waals surface area contributed by atoms with Crippen molar-refractivity contribution in [2.75, 3.05) is 14.2 Å². The van der Waals surface area contributed by atoms with Crippen molar-refractivity contribution in [2.24, 2.45) is 16.8 Å². The summed E-state index contributed by atoms with van der Waals surface area (Å²) >= 11 is 0. The number of hydrogen-bond acceptors (Lipinski definition) is 5. The molecular weight excluding hydrogens is 370 g/mol. The number of fused-ring (bicyclic) bond motifs is 1. The number of methoxy groups -OCH3 is 1. The van der Waals surface area contributed by atoms with Gasteiger partial charge in [-0.3, -0.25) is 14.6 Å². The topological polar surface area (TPSA) is 100 Å². The van der Waals surface area contributed by atoms with Crippen LogP contribution in [0.1, 0.15) is 30.9 Å². The molecule has 7 heteroatoms. The lowest BCUT2D eigenvalue weighted by Gasteiger charge is -2.24. The van der Waals surface area contributed by atoms with Crippen LogP contribution in [0.5, 0.6) is 0 Å². The zero-order valence-electron chi connectivity index (χ0n) is 16.7. The normalized spacial score (nSPS) is 31.2. The zero-order valence-corrected chi connectivity index (χ0v) is 16.7. The number of hydrogen-bond donors (Lipinski definition) is 3. The Morgan fingerprint density at radius 3 is 2.52 bits per heavy atom. The monoisotopic (exact) mass is 397 g/mol. The van der Waals surface area contributed by atoms with E-state index in [1.165, 1.54) is 0 Å². The summed E-state index contributed by atoms with van der Waals surface area (Å²) < 4.78 is 5.66. The quantitative estimate of drug-likeness (QED) is 0.670. The standard InChI is InChI=1S/C22H27N3O4/c1-23-22(28)18-9-13(21(27)25-19-15-10-14(26)11-16(15)19)8-17(24-18)20(29-2)12-6-4-3-5-7-12/h3-8,14-16,18-20,26H,9-11H2,1-2H3,(H,23,28)(H,25,27)/t14?,15-,16+,18?,19?,20?. The van der Waals surface area contributed by atoms with Crippen LogP contribution in [0.3, 0.4) is 0 Å². The molecule has 29 heavy (non-hydrogen) atoms. The van der Waals surface area contributed by atoms with Gasteiger partial charge in [0, 0.05) is 32.2 Å². The lowest BCUT2D eigenvalue weighted by Crippen LogP contribution is -2.38. The maximum Gasteiger partial charge on any atom is 0.247 e. The van der Waals surface area contributed by atoms with E-state index in [4.69, 9.17) is 4.74 Å². The number of likely N-dealkylation sites (N-methyl/N-ethyl adjacent to an activating group) is 1. The molecule has 154 valence electrons. The van der Waals surface area contributed by atoms with Crippen molar-refractivity contribution in [3.63, 3.8) is 0 Å². The van der Waals surface area contributed by atoms with Gasteiger partial charge in [0.05, 0.1) is 11.8 Å². The molecule has 2 fully saturated rings. The number of carbonyl (C=O) groups excluding carboxylic acids is 2. The van der Waals surface area contributed by atoms with Crippen LogP contribution in [0.15, 0.2) is 47.0 Å². The first kappa shape index (κ1) is 19.8. The van der Waals surface area contributed by atoms with E-state index in [-0.39, 0.29) is 30.4 Å². The molecular formula is C22H27N3O4. The number of nitrogens with zero attached hydrogens (tertiary/aromatic N) is 1. The number of ether oxygens (including phenoxy) is 1. The van der Waals surface area contributed by atoms with E-state index in [9.17, 15) is 14.7 Å². The molecule has 0 saturated heterocycles. The predicted octanol–water partition coefficient (Wildman–Crippen LogP) is 1.15. The van der Waals surface area contributed by atoms with Gasteiger partial charge in [0.1, 0.15) is 12.1 Å². The highest BCUT2D eigenvalue weighted by Gasteiger charge is 2.56. The minimum absolute atomic E-state index is 0.125. The summed E-state index contributed by atoms with van der Waals surface area (Å²) in [5.74, 6) is 0.354. The molecule has 4 rings (SSSR count). The number of aliphatic hydroxyl groups excluding tert-OH is 1. The number of carbonyl (C=O) groups is 2. The van der Waals surface area contributed by atoms with Gasteiger partial charge >= 0.3 is 0 Å². The Bertz CT molecular complexity index is 839. The molecule has 1 aliphatic heterocycles. The summed E-state index contributed by atoms with van der Waals surface area (Å²) in [5.41, 5.74) is 2.01. The molecule has 3 aliphatic rings. The van der Waals surface area contributed by atoms with Crippen molar-refractivity contribution in [1.82, 2.24) is 10.6 Å². The molecule has 4 unspecified atom stereocenters. The van der Waals surface area contributed by atoms with Crippen molar-refractivity contribution >= 4 is 17.5 Å². The molecule has 1 aromatic carbocycles. The van der Waals surface area contributed by atoms with Crippen LogP contribution >= 0.6 is 0 Å². The summed E-state index contributed by atoms with van der Waals surface area (Å²) in [7, 11) is 3.16. The molecule has 6 atom stereocenters. The molecule has 2 amide bonds. The SMILES string of the molecule is CNC(=O)C1CC(C(=O)NC2[C@H]3CC(O)C[C@@H]23)=CC(C(OC)c2ccccc2)=N1. The maximum absolute atomic E-state index is 12.9. The van der Waals surface area contributed by atoms with Gasteiger partial charge in [-0.25, -0.2) is 0 Å². The minimum atomic E-state index is -0.664. The molecule has 0 aromatic heterocycles. The van der Waals surface area contributed by atoms with Gasteiger partial charge in [0.15, 0.2) is 0 Å². The highest BCUT2D eigenvalue weighted by atomic mass is 16.5. The molecule has 1 aromatic rings. The van der Waals surface area contributed by atoms with Crippen LogP contribution in [0.4, 0.5) is 0 Å². The van der Waals surface area contributed by atoms with Gasteiger partial charge in [-0.15, -0.1) is 0 Å². The highest BCUT2D eigenvalue weighted by molar-refractivity contribution is 6.09. The Morgan fingerprint density at radius 1 is 1.21 bits per heavy atom. The molecule has 0 spiro atoms. The molecule has 1 heterocycles. The lowest BCUT2D eigenvalue weighted by molar-refractivity contribution is -0.122. The van der Waals surface area contributed by atoms with Gasteiger partial charge in [0.2, 0.25) is 11.8 Å². The number of amides is 2. The van der Waals surface area contributed by atoms with E-state index in [1.54, 1.807) is 20.2 Å². The largest absolute Gasteiger partial charge is 0.393 e. The van der Waals surface area contributed by atoms with E-state index >= 15 is 0 Å². The fraction of sp³-hybridized carbons (Fsp3) is 0.500. The number of benzene rings is 1. The average molecular weight is 397 g/mol. The number of nitrogens with one attached hydrogen (secondary N) is 2. The Kier molecular flexibility index (Phi) is 5.52. The van der Waals surface area contributed by atoms with E-state index < -0.39 is 12.1 Å². The van der Waals surface area contributed by atoms with Gasteiger partial charge < -0.3 is 20.5 Å². The Balaban J connectivity index is 1.55. The van der Waals surface area contributed by atoms with Crippen molar-refractivity contribution in [1.29, 1.82) is 0 Å². The second kappa shape index (κ2) is 8.08. The predicted molar refractivity (Wildman–Crippen MR) is 108 cm³/mol.